The van der Waals surface area contributed by atoms with Gasteiger partial charge >= 0.3 is 5.97 Å². The first-order valence-electron chi connectivity index (χ1n) is 6.52. The number of hydrogen-bond donors (Lipinski definition) is 2. The number of aryl methyl sites for hydroxylation is 2. The van der Waals surface area contributed by atoms with Gasteiger partial charge in [0.1, 0.15) is 6.17 Å². The average Bonchev–Trinajstić information content (AvgIpc) is 2.45. The normalized spacial score (nSPS) is 12.0. The molecule has 2 aromatic carbocycles. The number of carbonyl (C=O) groups is 1. The first-order chi connectivity index (χ1) is 9.97. The van der Waals surface area contributed by atoms with E-state index < -0.39 is 12.1 Å². The summed E-state index contributed by atoms with van der Waals surface area (Å²) in [5.74, 6) is -0.461. The molecule has 21 heavy (non-hydrogen) atoms. The van der Waals surface area contributed by atoms with Gasteiger partial charge in [-0.1, -0.05) is 41.4 Å². The lowest BCUT2D eigenvalue weighted by Crippen LogP contribution is -2.31. The fourth-order valence-corrected chi connectivity index (χ4v) is 2.08. The van der Waals surface area contributed by atoms with Gasteiger partial charge in [0.2, 0.25) is 0 Å². The second-order valence-corrected chi connectivity index (χ2v) is 5.29. The van der Waals surface area contributed by atoms with Gasteiger partial charge in [0, 0.05) is 5.02 Å². The van der Waals surface area contributed by atoms with Crippen molar-refractivity contribution in [1.29, 1.82) is 0 Å². The Bertz CT molecular complexity index is 641. The van der Waals surface area contributed by atoms with Crippen LogP contribution in [0.15, 0.2) is 42.5 Å². The van der Waals surface area contributed by atoms with Gasteiger partial charge in [-0.25, -0.2) is 4.79 Å². The molecule has 1 unspecified atom stereocenters. The molecule has 0 aliphatic heterocycles. The van der Waals surface area contributed by atoms with Gasteiger partial charge in [-0.2, -0.15) is 0 Å². The van der Waals surface area contributed by atoms with Crippen LogP contribution in [0.5, 0.6) is 0 Å². The zero-order chi connectivity index (χ0) is 15.4. The van der Waals surface area contributed by atoms with Gasteiger partial charge < -0.3 is 10.6 Å². The molecule has 0 aromatic heterocycles. The lowest BCUT2D eigenvalue weighted by molar-refractivity contribution is 0.0156. The number of hydroxylamine groups is 1. The number of hydrogen-bond acceptors (Lipinski definition) is 4. The second kappa shape index (κ2) is 6.72. The van der Waals surface area contributed by atoms with Crippen molar-refractivity contribution in [3.63, 3.8) is 0 Å². The van der Waals surface area contributed by atoms with E-state index >= 15 is 0 Å². The molecule has 110 valence electrons. The fraction of sp³-hybridized carbons (Fsp3) is 0.188. The Morgan fingerprint density at radius 1 is 1.19 bits per heavy atom. The number of nitrogens with two attached hydrogens (primary N) is 1. The zero-order valence-corrected chi connectivity index (χ0v) is 12.6. The van der Waals surface area contributed by atoms with Crippen molar-refractivity contribution in [3.8, 4) is 0 Å². The number of carbonyl (C=O) groups excluding carboxylic acids is 1. The third-order valence-electron chi connectivity index (χ3n) is 3.11. The van der Waals surface area contributed by atoms with E-state index in [0.29, 0.717) is 10.6 Å². The van der Waals surface area contributed by atoms with Gasteiger partial charge in [0.15, 0.2) is 0 Å². The minimum absolute atomic E-state index is 0.461. The molecule has 2 rings (SSSR count). The van der Waals surface area contributed by atoms with Crippen LogP contribution in [0.4, 0.5) is 0 Å². The lowest BCUT2D eigenvalue weighted by atomic mass is 10.1. The highest BCUT2D eigenvalue weighted by atomic mass is 35.5. The first kappa shape index (κ1) is 15.5. The summed E-state index contributed by atoms with van der Waals surface area (Å²) < 4.78 is 0. The van der Waals surface area contributed by atoms with E-state index in [1.54, 1.807) is 30.3 Å². The monoisotopic (exact) mass is 304 g/mol. The van der Waals surface area contributed by atoms with Gasteiger partial charge in [-0.05, 0) is 43.2 Å². The van der Waals surface area contributed by atoms with E-state index in [4.69, 9.17) is 22.2 Å². The fourth-order valence-electron chi connectivity index (χ4n) is 1.95. The van der Waals surface area contributed by atoms with E-state index in [9.17, 15) is 4.79 Å². The quantitative estimate of drug-likeness (QED) is 0.672. The maximum absolute atomic E-state index is 12.0. The molecule has 0 heterocycles. The van der Waals surface area contributed by atoms with Crippen LogP contribution in [0.3, 0.4) is 0 Å². The van der Waals surface area contributed by atoms with E-state index in [2.05, 4.69) is 5.48 Å². The summed E-state index contributed by atoms with van der Waals surface area (Å²) in [4.78, 5) is 17.1. The summed E-state index contributed by atoms with van der Waals surface area (Å²) in [5, 5.41) is 0.623. The number of nitrogens with one attached hydrogen (secondary N) is 1. The van der Waals surface area contributed by atoms with Gasteiger partial charge in [-0.15, -0.1) is 5.48 Å². The van der Waals surface area contributed by atoms with Crippen LogP contribution in [0.2, 0.25) is 5.02 Å². The molecule has 4 nitrogen and oxygen atoms in total. The number of rotatable bonds is 4. The Morgan fingerprint density at radius 3 is 2.48 bits per heavy atom. The van der Waals surface area contributed by atoms with Crippen LogP contribution in [0.1, 0.15) is 33.2 Å². The van der Waals surface area contributed by atoms with Crippen LogP contribution < -0.4 is 11.2 Å². The molecule has 0 amide bonds. The van der Waals surface area contributed by atoms with Crippen molar-refractivity contribution in [1.82, 2.24) is 5.48 Å². The standard InChI is InChI=1S/C16H17ClN2O2/c1-10-3-8-14(11(2)9-10)16(20)21-19-15(18)12-4-6-13(17)7-5-12/h3-9,15,19H,18H2,1-2H3. The van der Waals surface area contributed by atoms with Crippen molar-refractivity contribution in [3.05, 3.63) is 69.7 Å². The maximum atomic E-state index is 12.0. The van der Waals surface area contributed by atoms with Crippen molar-refractivity contribution >= 4 is 17.6 Å². The Kier molecular flexibility index (Phi) is 4.96. The average molecular weight is 305 g/mol. The molecule has 1 atom stereocenters. The minimum atomic E-state index is -0.614. The highest BCUT2D eigenvalue weighted by molar-refractivity contribution is 6.30. The molecule has 0 bridgehead atoms. The van der Waals surface area contributed by atoms with Crippen molar-refractivity contribution < 1.29 is 9.63 Å². The van der Waals surface area contributed by atoms with Crippen LogP contribution >= 0.6 is 11.6 Å². The van der Waals surface area contributed by atoms with E-state index in [1.807, 2.05) is 26.0 Å². The van der Waals surface area contributed by atoms with Crippen LogP contribution in [-0.2, 0) is 4.84 Å². The third kappa shape index (κ3) is 4.04. The molecule has 0 radical (unpaired) electrons. The molecule has 5 heteroatoms. The summed E-state index contributed by atoms with van der Waals surface area (Å²) in [5.41, 5.74) is 11.7. The number of benzene rings is 2. The summed E-state index contributed by atoms with van der Waals surface area (Å²) >= 11 is 5.81. The minimum Gasteiger partial charge on any atom is -0.365 e. The molecule has 3 N–H and O–H groups in total. The van der Waals surface area contributed by atoms with Gasteiger partial charge in [0.25, 0.3) is 0 Å². The summed E-state index contributed by atoms with van der Waals surface area (Å²) in [6.45, 7) is 3.83. The molecular weight excluding hydrogens is 288 g/mol. The largest absolute Gasteiger partial charge is 0.365 e. The Balaban J connectivity index is 1.99. The molecule has 0 aliphatic rings. The van der Waals surface area contributed by atoms with E-state index in [1.165, 1.54) is 0 Å². The SMILES string of the molecule is Cc1ccc(C(=O)ONC(N)c2ccc(Cl)cc2)c(C)c1. The second-order valence-electron chi connectivity index (χ2n) is 4.85. The Labute approximate surface area is 128 Å². The van der Waals surface area contributed by atoms with E-state index in [-0.39, 0.29) is 0 Å². The third-order valence-corrected chi connectivity index (χ3v) is 3.36. The molecule has 0 aliphatic carbocycles. The van der Waals surface area contributed by atoms with Crippen LogP contribution in [0.25, 0.3) is 0 Å². The Morgan fingerprint density at radius 2 is 1.86 bits per heavy atom. The topological polar surface area (TPSA) is 64.3 Å². The first-order valence-corrected chi connectivity index (χ1v) is 6.90. The van der Waals surface area contributed by atoms with Crippen molar-refractivity contribution in [2.24, 2.45) is 5.73 Å². The molecule has 0 saturated heterocycles. The maximum Gasteiger partial charge on any atom is 0.357 e. The summed E-state index contributed by atoms with van der Waals surface area (Å²) in [6, 6.07) is 12.5. The lowest BCUT2D eigenvalue weighted by Gasteiger charge is -2.14. The van der Waals surface area contributed by atoms with Gasteiger partial charge in [-0.3, -0.25) is 0 Å². The molecular formula is C16H17ClN2O2. The Hall–Kier alpha value is -1.88. The van der Waals surface area contributed by atoms with Crippen LogP contribution in [-0.4, -0.2) is 5.97 Å². The summed E-state index contributed by atoms with van der Waals surface area (Å²) in [7, 11) is 0. The van der Waals surface area contributed by atoms with Crippen molar-refractivity contribution in [2.45, 2.75) is 20.0 Å². The van der Waals surface area contributed by atoms with Gasteiger partial charge in [0.05, 0.1) is 5.56 Å². The molecule has 0 saturated carbocycles. The highest BCUT2D eigenvalue weighted by Crippen LogP contribution is 2.14. The zero-order valence-electron chi connectivity index (χ0n) is 11.9. The highest BCUT2D eigenvalue weighted by Gasteiger charge is 2.13. The van der Waals surface area contributed by atoms with E-state index in [0.717, 1.165) is 16.7 Å². The number of halogens is 1. The predicted octanol–water partition coefficient (Wildman–Crippen LogP) is 3.28. The smallest absolute Gasteiger partial charge is 0.357 e. The van der Waals surface area contributed by atoms with Crippen molar-refractivity contribution in [2.75, 3.05) is 0 Å². The summed E-state index contributed by atoms with van der Waals surface area (Å²) in [6.07, 6.45) is -0.614. The predicted molar refractivity (Wildman–Crippen MR) is 82.8 cm³/mol. The molecule has 2 aromatic rings. The molecule has 0 fully saturated rings. The molecule has 0 spiro atoms. The van der Waals surface area contributed by atoms with Crippen LogP contribution in [0, 0.1) is 13.8 Å².